The Labute approximate surface area is 164 Å². The van der Waals surface area contributed by atoms with E-state index in [1.54, 1.807) is 30.3 Å². The van der Waals surface area contributed by atoms with E-state index in [9.17, 15) is 14.4 Å². The molecule has 0 spiro atoms. The molecular formula is C18H16ClN5O4. The first-order chi connectivity index (χ1) is 13.5. The number of nitrogens with zero attached hydrogens (tertiary/aromatic N) is 3. The van der Waals surface area contributed by atoms with Crippen molar-refractivity contribution in [1.29, 1.82) is 0 Å². The molecule has 3 rings (SSSR count). The number of aromatic nitrogens is 4. The standard InChI is InChI=1S/C18H16ClN5O4/c1-28-18(27)13(21-16(25)11-5-3-2-4-6-11)9-12-10-20-24(17(12)26)15-8-7-14(19)22-23-15/h2-8,10,13,20H,9H2,1H3,(H,21,25)/t13-/m0/s1. The zero-order valence-corrected chi connectivity index (χ0v) is 15.5. The van der Waals surface area contributed by atoms with Gasteiger partial charge in [-0.05, 0) is 24.3 Å². The van der Waals surface area contributed by atoms with Gasteiger partial charge in [0.1, 0.15) is 6.04 Å². The van der Waals surface area contributed by atoms with Crippen molar-refractivity contribution in [1.82, 2.24) is 25.3 Å². The number of hydrogen-bond donors (Lipinski definition) is 2. The molecule has 0 bridgehead atoms. The van der Waals surface area contributed by atoms with Gasteiger partial charge in [-0.2, -0.15) is 4.68 Å². The highest BCUT2D eigenvalue weighted by Gasteiger charge is 2.25. The number of nitrogens with one attached hydrogen (secondary N) is 2. The second-order valence-corrected chi connectivity index (χ2v) is 6.16. The lowest BCUT2D eigenvalue weighted by atomic mass is 10.1. The fourth-order valence-corrected chi connectivity index (χ4v) is 2.64. The van der Waals surface area contributed by atoms with Crippen LogP contribution in [0.4, 0.5) is 0 Å². The van der Waals surface area contributed by atoms with Crippen LogP contribution in [-0.4, -0.2) is 45.0 Å². The molecular weight excluding hydrogens is 386 g/mol. The molecule has 2 heterocycles. The summed E-state index contributed by atoms with van der Waals surface area (Å²) >= 11 is 5.70. The average molecular weight is 402 g/mol. The Bertz CT molecular complexity index is 1030. The fraction of sp³-hybridized carbons (Fsp3) is 0.167. The first-order valence-electron chi connectivity index (χ1n) is 8.22. The molecule has 0 radical (unpaired) electrons. The number of carbonyl (C=O) groups excluding carboxylic acids is 2. The molecule has 0 fully saturated rings. The molecule has 28 heavy (non-hydrogen) atoms. The van der Waals surface area contributed by atoms with Crippen molar-refractivity contribution in [2.45, 2.75) is 12.5 Å². The van der Waals surface area contributed by atoms with Crippen molar-refractivity contribution in [3.05, 3.63) is 75.3 Å². The Balaban J connectivity index is 1.82. The number of methoxy groups -OCH3 is 1. The van der Waals surface area contributed by atoms with E-state index in [4.69, 9.17) is 16.3 Å². The van der Waals surface area contributed by atoms with E-state index in [-0.39, 0.29) is 23.0 Å². The molecule has 0 unspecified atom stereocenters. The number of ether oxygens (including phenoxy) is 1. The Morgan fingerprint density at radius 1 is 1.21 bits per heavy atom. The van der Waals surface area contributed by atoms with Gasteiger partial charge in [0.15, 0.2) is 11.0 Å². The summed E-state index contributed by atoms with van der Waals surface area (Å²) in [4.78, 5) is 37.1. The monoisotopic (exact) mass is 401 g/mol. The van der Waals surface area contributed by atoms with E-state index in [1.165, 1.54) is 25.4 Å². The number of hydrogen-bond acceptors (Lipinski definition) is 6. The van der Waals surface area contributed by atoms with E-state index in [0.29, 0.717) is 5.56 Å². The van der Waals surface area contributed by atoms with Crippen LogP contribution in [0.15, 0.2) is 53.5 Å². The number of rotatable bonds is 6. The molecule has 10 heteroatoms. The second-order valence-electron chi connectivity index (χ2n) is 5.77. The lowest BCUT2D eigenvalue weighted by Crippen LogP contribution is -2.43. The highest BCUT2D eigenvalue weighted by atomic mass is 35.5. The number of H-pyrrole nitrogens is 1. The Morgan fingerprint density at radius 3 is 2.61 bits per heavy atom. The molecule has 0 aliphatic heterocycles. The van der Waals surface area contributed by atoms with E-state index in [0.717, 1.165) is 4.68 Å². The third-order valence-electron chi connectivity index (χ3n) is 3.94. The maximum Gasteiger partial charge on any atom is 0.328 e. The van der Waals surface area contributed by atoms with Gasteiger partial charge in [0.2, 0.25) is 0 Å². The molecule has 9 nitrogen and oxygen atoms in total. The maximum absolute atomic E-state index is 12.6. The van der Waals surface area contributed by atoms with Crippen LogP contribution >= 0.6 is 11.6 Å². The molecule has 2 aromatic heterocycles. The van der Waals surface area contributed by atoms with Gasteiger partial charge in [-0.1, -0.05) is 29.8 Å². The molecule has 1 atom stereocenters. The summed E-state index contributed by atoms with van der Waals surface area (Å²) in [5.74, 6) is -0.873. The zero-order valence-electron chi connectivity index (χ0n) is 14.8. The smallest absolute Gasteiger partial charge is 0.328 e. The summed E-state index contributed by atoms with van der Waals surface area (Å²) in [6.45, 7) is 0. The molecule has 1 amide bonds. The minimum absolute atomic E-state index is 0.0609. The van der Waals surface area contributed by atoms with Gasteiger partial charge in [-0.25, -0.2) is 4.79 Å². The maximum atomic E-state index is 12.6. The molecule has 2 N–H and O–H groups in total. The Hall–Kier alpha value is -3.46. The summed E-state index contributed by atoms with van der Waals surface area (Å²) in [7, 11) is 1.21. The number of esters is 1. The zero-order chi connectivity index (χ0) is 20.1. The van der Waals surface area contributed by atoms with Gasteiger partial charge in [0.05, 0.1) is 7.11 Å². The molecule has 0 saturated carbocycles. The minimum Gasteiger partial charge on any atom is -0.467 e. The molecule has 144 valence electrons. The predicted octanol–water partition coefficient (Wildman–Crippen LogP) is 1.12. The quantitative estimate of drug-likeness (QED) is 0.597. The van der Waals surface area contributed by atoms with Gasteiger partial charge in [0.25, 0.3) is 11.5 Å². The van der Waals surface area contributed by atoms with Crippen LogP contribution in [0, 0.1) is 0 Å². The van der Waals surface area contributed by atoms with Crippen molar-refractivity contribution in [2.24, 2.45) is 0 Å². The van der Waals surface area contributed by atoms with Crippen molar-refractivity contribution in [3.63, 3.8) is 0 Å². The molecule has 0 saturated heterocycles. The fourth-order valence-electron chi connectivity index (χ4n) is 2.54. The first kappa shape index (κ1) is 19.3. The van der Waals surface area contributed by atoms with Gasteiger partial charge in [-0.15, -0.1) is 10.2 Å². The second kappa shape index (κ2) is 8.49. The Kier molecular flexibility index (Phi) is 5.85. The number of benzene rings is 1. The van der Waals surface area contributed by atoms with Crippen LogP contribution in [0.3, 0.4) is 0 Å². The highest BCUT2D eigenvalue weighted by molar-refractivity contribution is 6.29. The van der Waals surface area contributed by atoms with E-state index in [1.807, 2.05) is 0 Å². The number of halogens is 1. The summed E-state index contributed by atoms with van der Waals surface area (Å²) in [5.41, 5.74) is 0.222. The summed E-state index contributed by atoms with van der Waals surface area (Å²) in [6.07, 6.45) is 1.37. The van der Waals surface area contributed by atoms with Gasteiger partial charge in [-0.3, -0.25) is 14.7 Å². The lowest BCUT2D eigenvalue weighted by molar-refractivity contribution is -0.142. The van der Waals surface area contributed by atoms with Crippen LogP contribution < -0.4 is 10.9 Å². The van der Waals surface area contributed by atoms with E-state index < -0.39 is 23.5 Å². The number of carbonyl (C=O) groups is 2. The lowest BCUT2D eigenvalue weighted by Gasteiger charge is -2.15. The largest absolute Gasteiger partial charge is 0.467 e. The van der Waals surface area contributed by atoms with Crippen molar-refractivity contribution in [2.75, 3.05) is 7.11 Å². The third kappa shape index (κ3) is 4.26. The first-order valence-corrected chi connectivity index (χ1v) is 8.60. The highest BCUT2D eigenvalue weighted by Crippen LogP contribution is 2.07. The summed E-state index contributed by atoms with van der Waals surface area (Å²) in [6, 6.07) is 10.4. The van der Waals surface area contributed by atoms with Crippen LogP contribution in [0.1, 0.15) is 15.9 Å². The topological polar surface area (TPSA) is 119 Å². The molecule has 0 aliphatic rings. The van der Waals surface area contributed by atoms with Gasteiger partial charge in [0, 0.05) is 23.7 Å². The van der Waals surface area contributed by atoms with Crippen molar-refractivity contribution in [3.8, 4) is 5.82 Å². The Morgan fingerprint density at radius 2 is 1.96 bits per heavy atom. The van der Waals surface area contributed by atoms with Gasteiger partial charge >= 0.3 is 5.97 Å². The summed E-state index contributed by atoms with van der Waals surface area (Å²) in [5, 5.41) is 13.1. The number of aromatic amines is 1. The van der Waals surface area contributed by atoms with E-state index in [2.05, 4.69) is 20.6 Å². The third-order valence-corrected chi connectivity index (χ3v) is 4.15. The molecule has 1 aromatic carbocycles. The normalized spacial score (nSPS) is 11.6. The number of amides is 1. The van der Waals surface area contributed by atoms with Crippen LogP contribution in [0.2, 0.25) is 5.15 Å². The predicted molar refractivity (Wildman–Crippen MR) is 100 cm³/mol. The van der Waals surface area contributed by atoms with Crippen molar-refractivity contribution >= 4 is 23.5 Å². The van der Waals surface area contributed by atoms with Crippen molar-refractivity contribution < 1.29 is 14.3 Å². The van der Waals surface area contributed by atoms with Crippen LogP contribution in [0.25, 0.3) is 5.82 Å². The van der Waals surface area contributed by atoms with Gasteiger partial charge < -0.3 is 10.1 Å². The summed E-state index contributed by atoms with van der Waals surface area (Å²) < 4.78 is 5.91. The SMILES string of the molecule is COC(=O)[C@H](Cc1c[nH]n(-c2ccc(Cl)nn2)c1=O)NC(=O)c1ccccc1. The average Bonchev–Trinajstić information content (AvgIpc) is 3.08. The van der Waals surface area contributed by atoms with E-state index >= 15 is 0 Å². The van der Waals surface area contributed by atoms with Crippen LogP contribution in [0.5, 0.6) is 0 Å². The van der Waals surface area contributed by atoms with Crippen LogP contribution in [-0.2, 0) is 16.0 Å². The minimum atomic E-state index is -1.04. The molecule has 0 aliphatic carbocycles. The molecule has 3 aromatic rings.